The van der Waals surface area contributed by atoms with Gasteiger partial charge in [-0.2, -0.15) is 0 Å². The van der Waals surface area contributed by atoms with E-state index in [0.29, 0.717) is 11.5 Å². The minimum atomic E-state index is -0.225. The zero-order valence-electron chi connectivity index (χ0n) is 21.5. The smallest absolute Gasteiger partial charge is 0.118 e. The van der Waals surface area contributed by atoms with Crippen molar-refractivity contribution in [3.05, 3.63) is 57.6 Å². The molecule has 2 nitrogen and oxygen atoms in total. The first kappa shape index (κ1) is 25.3. The van der Waals surface area contributed by atoms with Crippen LogP contribution in [-0.2, 0) is 16.2 Å². The zero-order valence-corrected chi connectivity index (χ0v) is 21.5. The molecule has 0 aliphatic carbocycles. The average molecular weight is 425 g/mol. The molecule has 0 heterocycles. The van der Waals surface area contributed by atoms with Gasteiger partial charge in [0.25, 0.3) is 0 Å². The molecule has 0 fully saturated rings. The highest BCUT2D eigenvalue weighted by Crippen LogP contribution is 2.48. The number of aromatic hydroxyl groups is 2. The Morgan fingerprint density at radius 1 is 0.613 bits per heavy atom. The van der Waals surface area contributed by atoms with Crippen molar-refractivity contribution in [2.45, 2.75) is 111 Å². The third-order valence-corrected chi connectivity index (χ3v) is 6.76. The Morgan fingerprint density at radius 3 is 1.32 bits per heavy atom. The molecular weight excluding hydrogens is 380 g/mol. The van der Waals surface area contributed by atoms with E-state index < -0.39 is 0 Å². The van der Waals surface area contributed by atoms with Gasteiger partial charge < -0.3 is 10.2 Å². The molecule has 0 aliphatic heterocycles. The molecule has 0 aromatic heterocycles. The third-order valence-electron chi connectivity index (χ3n) is 6.76. The molecule has 0 atom stereocenters. The summed E-state index contributed by atoms with van der Waals surface area (Å²) in [5.41, 5.74) is 6.39. The fourth-order valence-corrected chi connectivity index (χ4v) is 4.69. The number of hydrogen-bond donors (Lipinski definition) is 2. The number of benzene rings is 2. The van der Waals surface area contributed by atoms with Gasteiger partial charge in [0.2, 0.25) is 0 Å². The van der Waals surface area contributed by atoms with Crippen LogP contribution in [0.2, 0.25) is 0 Å². The van der Waals surface area contributed by atoms with Crippen LogP contribution in [0.4, 0.5) is 0 Å². The second kappa shape index (κ2) is 8.88. The summed E-state index contributed by atoms with van der Waals surface area (Å²) in [4.78, 5) is 0. The van der Waals surface area contributed by atoms with Gasteiger partial charge in [-0.25, -0.2) is 0 Å². The summed E-state index contributed by atoms with van der Waals surface area (Å²) in [6, 6.07) is 8.37. The van der Waals surface area contributed by atoms with Crippen LogP contribution in [-0.4, -0.2) is 10.2 Å². The summed E-state index contributed by atoms with van der Waals surface area (Å²) in [6.45, 7) is 21.9. The first-order valence-corrected chi connectivity index (χ1v) is 11.8. The van der Waals surface area contributed by atoms with Crippen molar-refractivity contribution in [3.8, 4) is 11.5 Å². The quantitative estimate of drug-likeness (QED) is 0.459. The number of rotatable bonds is 6. The van der Waals surface area contributed by atoms with E-state index in [1.54, 1.807) is 0 Å². The van der Waals surface area contributed by atoms with E-state index >= 15 is 0 Å². The molecule has 0 aliphatic rings. The van der Waals surface area contributed by atoms with Crippen LogP contribution in [0, 0.1) is 13.8 Å². The third kappa shape index (κ3) is 5.27. The topological polar surface area (TPSA) is 40.5 Å². The molecule has 0 amide bonds. The van der Waals surface area contributed by atoms with E-state index in [1.165, 1.54) is 35.1 Å². The summed E-state index contributed by atoms with van der Waals surface area (Å²) in [7, 11) is 0. The maximum atomic E-state index is 10.6. The van der Waals surface area contributed by atoms with Crippen LogP contribution in [0.15, 0.2) is 24.3 Å². The molecule has 2 aromatic carbocycles. The van der Waals surface area contributed by atoms with Gasteiger partial charge in [-0.15, -0.1) is 0 Å². The number of phenolic OH excluding ortho intramolecular Hbond substituents is 2. The van der Waals surface area contributed by atoms with Crippen LogP contribution in [0.3, 0.4) is 0 Å². The second-order valence-electron chi connectivity index (χ2n) is 11.7. The lowest BCUT2D eigenvalue weighted by Gasteiger charge is -2.40. The molecule has 0 spiro atoms. The van der Waals surface area contributed by atoms with Gasteiger partial charge in [0.15, 0.2) is 0 Å². The minimum absolute atomic E-state index is 0.0968. The predicted octanol–water partition coefficient (Wildman–Crippen LogP) is 8.20. The minimum Gasteiger partial charge on any atom is -0.508 e. The van der Waals surface area contributed by atoms with Crippen LogP contribution in [0.5, 0.6) is 11.5 Å². The fraction of sp³-hybridized carbons (Fsp3) is 0.586. The summed E-state index contributed by atoms with van der Waals surface area (Å²) in [5.74, 6) is 0.727. The normalized spacial score (nSPS) is 13.0. The lowest BCUT2D eigenvalue weighted by Crippen LogP contribution is -2.32. The van der Waals surface area contributed by atoms with Crippen molar-refractivity contribution >= 4 is 0 Å². The first-order valence-electron chi connectivity index (χ1n) is 11.8. The Morgan fingerprint density at radius 2 is 1.00 bits per heavy atom. The molecule has 2 heteroatoms. The Hall–Kier alpha value is -1.96. The van der Waals surface area contributed by atoms with Gasteiger partial charge in [-0.3, -0.25) is 0 Å². The molecule has 0 saturated heterocycles. The van der Waals surface area contributed by atoms with E-state index in [9.17, 15) is 10.2 Å². The van der Waals surface area contributed by atoms with E-state index in [2.05, 4.69) is 67.5 Å². The highest BCUT2D eigenvalue weighted by molar-refractivity contribution is 5.56. The summed E-state index contributed by atoms with van der Waals surface area (Å²) in [5, 5.41) is 21.1. The van der Waals surface area contributed by atoms with Crippen molar-refractivity contribution < 1.29 is 10.2 Å². The van der Waals surface area contributed by atoms with Crippen LogP contribution in [0.1, 0.15) is 114 Å². The molecule has 31 heavy (non-hydrogen) atoms. The van der Waals surface area contributed by atoms with Gasteiger partial charge in [0.1, 0.15) is 11.5 Å². The zero-order chi connectivity index (χ0) is 23.8. The summed E-state index contributed by atoms with van der Waals surface area (Å²) in [6.07, 6.45) is 4.54. The fourth-order valence-electron chi connectivity index (χ4n) is 4.69. The van der Waals surface area contributed by atoms with E-state index in [4.69, 9.17) is 0 Å². The molecule has 2 N–H and O–H groups in total. The van der Waals surface area contributed by atoms with Gasteiger partial charge >= 0.3 is 0 Å². The number of unbranched alkanes of at least 4 members (excludes halogenated alkanes) is 2. The maximum Gasteiger partial charge on any atom is 0.118 e. The molecular formula is C29H44O2. The van der Waals surface area contributed by atoms with Crippen LogP contribution in [0.25, 0.3) is 0 Å². The van der Waals surface area contributed by atoms with Gasteiger partial charge in [-0.05, 0) is 76.6 Å². The highest BCUT2D eigenvalue weighted by Gasteiger charge is 2.38. The molecule has 0 saturated carbocycles. The molecule has 2 aromatic rings. The van der Waals surface area contributed by atoms with E-state index in [1.807, 2.05) is 26.0 Å². The monoisotopic (exact) mass is 424 g/mol. The Kier molecular flexibility index (Phi) is 7.25. The van der Waals surface area contributed by atoms with Crippen LogP contribution < -0.4 is 0 Å². The SMILES string of the molecule is CCCCCC(C)(c1cc(C)c(O)cc1C(C)(C)C)c1cc(C)c(O)cc1C(C)(C)C. The average Bonchev–Trinajstić information content (AvgIpc) is 2.63. The molecule has 172 valence electrons. The van der Waals surface area contributed by atoms with Crippen molar-refractivity contribution in [1.29, 1.82) is 0 Å². The molecule has 0 radical (unpaired) electrons. The predicted molar refractivity (Wildman–Crippen MR) is 134 cm³/mol. The maximum absolute atomic E-state index is 10.6. The number of aryl methyl sites for hydroxylation is 2. The van der Waals surface area contributed by atoms with Gasteiger partial charge in [0.05, 0.1) is 0 Å². The number of phenols is 2. The molecule has 0 bridgehead atoms. The summed E-state index contributed by atoms with van der Waals surface area (Å²) >= 11 is 0. The first-order chi connectivity index (χ1) is 14.1. The Labute approximate surface area is 190 Å². The van der Waals surface area contributed by atoms with Gasteiger partial charge in [0, 0.05) is 5.41 Å². The van der Waals surface area contributed by atoms with Crippen molar-refractivity contribution in [2.24, 2.45) is 0 Å². The summed E-state index contributed by atoms with van der Waals surface area (Å²) < 4.78 is 0. The van der Waals surface area contributed by atoms with Gasteiger partial charge in [-0.1, -0.05) is 86.8 Å². The molecule has 2 rings (SSSR count). The number of hydrogen-bond acceptors (Lipinski definition) is 2. The largest absolute Gasteiger partial charge is 0.508 e. The van der Waals surface area contributed by atoms with Crippen molar-refractivity contribution in [3.63, 3.8) is 0 Å². The van der Waals surface area contributed by atoms with Crippen molar-refractivity contribution in [1.82, 2.24) is 0 Å². The lowest BCUT2D eigenvalue weighted by atomic mass is 9.64. The Bertz CT molecular complexity index is 854. The highest BCUT2D eigenvalue weighted by atomic mass is 16.3. The second-order valence-corrected chi connectivity index (χ2v) is 11.7. The lowest BCUT2D eigenvalue weighted by molar-refractivity contribution is 0.436. The molecule has 0 unspecified atom stereocenters. The Balaban J connectivity index is 2.95. The van der Waals surface area contributed by atoms with E-state index in [-0.39, 0.29) is 16.2 Å². The van der Waals surface area contributed by atoms with Crippen LogP contribution >= 0.6 is 0 Å². The van der Waals surface area contributed by atoms with Crippen molar-refractivity contribution in [2.75, 3.05) is 0 Å². The van der Waals surface area contributed by atoms with E-state index in [0.717, 1.165) is 24.0 Å². The standard InChI is InChI=1S/C29H44O2/c1-11-12-13-14-29(10,23-15-19(2)25(30)17-21(23)27(4,5)6)24-16-20(3)26(31)18-22(24)28(7,8)9/h15-18,30-31H,11-14H2,1-10H3.